The van der Waals surface area contributed by atoms with Crippen molar-refractivity contribution in [1.29, 1.82) is 0 Å². The van der Waals surface area contributed by atoms with E-state index in [1.807, 2.05) is 6.07 Å². The Balaban J connectivity index is 1.49. The fourth-order valence-electron chi connectivity index (χ4n) is 3.88. The molecule has 0 unspecified atom stereocenters. The molecule has 0 bridgehead atoms. The topological polar surface area (TPSA) is 111 Å². The molecule has 0 fully saturated rings. The van der Waals surface area contributed by atoms with Crippen LogP contribution in [0.2, 0.25) is 0 Å². The highest BCUT2D eigenvalue weighted by Gasteiger charge is 2.17. The van der Waals surface area contributed by atoms with Gasteiger partial charge in [-0.1, -0.05) is 18.2 Å². The van der Waals surface area contributed by atoms with E-state index >= 15 is 0 Å². The second-order valence-electron chi connectivity index (χ2n) is 7.72. The first-order valence-electron chi connectivity index (χ1n) is 10.6. The van der Waals surface area contributed by atoms with Gasteiger partial charge in [-0.25, -0.2) is 14.1 Å². The number of nitrogens with zero attached hydrogens (tertiary/aromatic N) is 3. The highest BCUT2D eigenvalue weighted by Crippen LogP contribution is 2.28. The summed E-state index contributed by atoms with van der Waals surface area (Å²) in [5.74, 6) is 0.325. The third-order valence-electron chi connectivity index (χ3n) is 5.65. The fraction of sp³-hybridized carbons (Fsp3) is 0.120. The number of amides is 1. The number of carbonyl (C=O) groups excluding carboxylic acids is 1. The maximum absolute atomic E-state index is 14.3. The number of methoxy groups -OCH3 is 2. The highest BCUT2D eigenvalue weighted by molar-refractivity contribution is 5.98. The number of rotatable bonds is 6. The molecule has 2 N–H and O–H groups in total. The van der Waals surface area contributed by atoms with Crippen LogP contribution in [0.25, 0.3) is 27.8 Å². The van der Waals surface area contributed by atoms with E-state index in [1.54, 1.807) is 56.7 Å². The molecule has 176 valence electrons. The first-order chi connectivity index (χ1) is 17.0. The van der Waals surface area contributed by atoms with Gasteiger partial charge >= 0.3 is 0 Å². The zero-order valence-corrected chi connectivity index (χ0v) is 18.8. The van der Waals surface area contributed by atoms with Crippen LogP contribution in [0.1, 0.15) is 15.9 Å². The van der Waals surface area contributed by atoms with E-state index < -0.39 is 11.4 Å². The lowest BCUT2D eigenvalue weighted by atomic mass is 10.1. The number of ether oxygens (including phenoxy) is 2. The molecule has 3 aromatic carbocycles. The van der Waals surface area contributed by atoms with Crippen LogP contribution in [-0.4, -0.2) is 39.9 Å². The molecule has 10 heteroatoms. The van der Waals surface area contributed by atoms with Crippen molar-refractivity contribution in [2.75, 3.05) is 14.2 Å². The van der Waals surface area contributed by atoms with Crippen LogP contribution in [0.5, 0.6) is 11.5 Å². The number of nitrogens with one attached hydrogen (secondary N) is 2. The van der Waals surface area contributed by atoms with Crippen molar-refractivity contribution in [2.45, 2.75) is 6.54 Å². The van der Waals surface area contributed by atoms with E-state index in [1.165, 1.54) is 16.6 Å². The molecular formula is C25H20FN5O4. The van der Waals surface area contributed by atoms with Crippen LogP contribution in [0, 0.1) is 5.82 Å². The molecule has 0 saturated carbocycles. The Kier molecular flexibility index (Phi) is 5.61. The Morgan fingerprint density at radius 2 is 1.86 bits per heavy atom. The average Bonchev–Trinajstić information content (AvgIpc) is 3.30. The van der Waals surface area contributed by atoms with Gasteiger partial charge in [0, 0.05) is 17.7 Å². The number of carbonyl (C=O) groups is 1. The van der Waals surface area contributed by atoms with E-state index in [-0.39, 0.29) is 29.4 Å². The van der Waals surface area contributed by atoms with Gasteiger partial charge < -0.3 is 14.8 Å². The fourth-order valence-corrected chi connectivity index (χ4v) is 3.88. The van der Waals surface area contributed by atoms with Gasteiger partial charge in [0.1, 0.15) is 11.5 Å². The minimum absolute atomic E-state index is 0.162. The molecule has 0 aliphatic heterocycles. The van der Waals surface area contributed by atoms with Crippen LogP contribution in [0.4, 0.5) is 4.39 Å². The second kappa shape index (κ2) is 8.90. The summed E-state index contributed by atoms with van der Waals surface area (Å²) in [6, 6.07) is 16.1. The number of hydrogen-bond acceptors (Lipinski definition) is 6. The number of H-pyrrole nitrogens is 1. The predicted molar refractivity (Wildman–Crippen MR) is 127 cm³/mol. The summed E-state index contributed by atoms with van der Waals surface area (Å²) < 4.78 is 26.3. The molecule has 5 aromatic rings. The lowest BCUT2D eigenvalue weighted by Gasteiger charge is -2.11. The van der Waals surface area contributed by atoms with Gasteiger partial charge in [0.15, 0.2) is 17.1 Å². The van der Waals surface area contributed by atoms with Crippen molar-refractivity contribution in [3.05, 3.63) is 88.0 Å². The molecule has 0 spiro atoms. The summed E-state index contributed by atoms with van der Waals surface area (Å²) in [7, 11) is 3.09. The summed E-state index contributed by atoms with van der Waals surface area (Å²) in [6.45, 7) is 0.254. The van der Waals surface area contributed by atoms with Gasteiger partial charge in [0.25, 0.3) is 11.5 Å². The molecule has 0 aliphatic carbocycles. The number of aromatic amines is 1. The van der Waals surface area contributed by atoms with Gasteiger partial charge in [-0.05, 0) is 48.0 Å². The number of aromatic nitrogens is 4. The minimum Gasteiger partial charge on any atom is -0.493 e. The highest BCUT2D eigenvalue weighted by atomic mass is 19.1. The third-order valence-corrected chi connectivity index (χ3v) is 5.65. The molecule has 35 heavy (non-hydrogen) atoms. The monoisotopic (exact) mass is 473 g/mol. The summed E-state index contributed by atoms with van der Waals surface area (Å²) in [6.07, 6.45) is 0. The SMILES string of the molecule is COc1ccc(CNC(=O)c2ccc3c(=O)nc4c(-c5ccccc5F)n[nH]n4c3c2)cc1OC. The Hall–Kier alpha value is -4.73. The van der Waals surface area contributed by atoms with Crippen molar-refractivity contribution in [3.8, 4) is 22.8 Å². The smallest absolute Gasteiger partial charge is 0.281 e. The lowest BCUT2D eigenvalue weighted by molar-refractivity contribution is 0.0951. The Labute approximate surface area is 198 Å². The third kappa shape index (κ3) is 3.95. The number of halogens is 1. The maximum atomic E-state index is 14.3. The van der Waals surface area contributed by atoms with Crippen LogP contribution in [-0.2, 0) is 6.54 Å². The Morgan fingerprint density at radius 3 is 2.63 bits per heavy atom. The van der Waals surface area contributed by atoms with E-state index in [0.717, 1.165) is 5.56 Å². The first kappa shape index (κ1) is 22.1. The molecule has 2 heterocycles. The molecule has 5 rings (SSSR count). The van der Waals surface area contributed by atoms with Gasteiger partial charge in [-0.2, -0.15) is 10.1 Å². The number of hydrogen-bond donors (Lipinski definition) is 2. The van der Waals surface area contributed by atoms with Crippen LogP contribution >= 0.6 is 0 Å². The molecule has 0 atom stereocenters. The summed E-state index contributed by atoms with van der Waals surface area (Å²) in [4.78, 5) is 29.7. The molecule has 0 aliphatic rings. The van der Waals surface area contributed by atoms with Crippen LogP contribution in [0.3, 0.4) is 0 Å². The summed E-state index contributed by atoms with van der Waals surface area (Å²) in [5.41, 5.74) is 1.62. The maximum Gasteiger partial charge on any atom is 0.281 e. The molecule has 2 aromatic heterocycles. The second-order valence-corrected chi connectivity index (χ2v) is 7.72. The number of benzene rings is 3. The van der Waals surface area contributed by atoms with E-state index in [9.17, 15) is 14.0 Å². The largest absolute Gasteiger partial charge is 0.493 e. The van der Waals surface area contributed by atoms with Crippen molar-refractivity contribution >= 4 is 22.5 Å². The molecule has 9 nitrogen and oxygen atoms in total. The van der Waals surface area contributed by atoms with Crippen molar-refractivity contribution < 1.29 is 18.7 Å². The first-order valence-corrected chi connectivity index (χ1v) is 10.6. The standard InChI is InChI=1S/C25H20FN5O4/c1-34-20-10-7-14(11-21(20)35-2)13-27-24(32)15-8-9-17-19(12-15)31-23(28-25(17)33)22(29-30-31)16-5-3-4-6-18(16)26/h3-12,30H,13H2,1-2H3,(H,27,32). The van der Waals surface area contributed by atoms with Crippen LogP contribution < -0.4 is 20.3 Å². The van der Waals surface area contributed by atoms with E-state index in [0.29, 0.717) is 28.0 Å². The molecule has 1 amide bonds. The minimum atomic E-state index is -0.503. The zero-order chi connectivity index (χ0) is 24.5. The summed E-state index contributed by atoms with van der Waals surface area (Å²) in [5, 5.41) is 10.1. The molecule has 0 saturated heterocycles. The lowest BCUT2D eigenvalue weighted by Crippen LogP contribution is -2.23. The summed E-state index contributed by atoms with van der Waals surface area (Å²) >= 11 is 0. The predicted octanol–water partition coefficient (Wildman–Crippen LogP) is 3.32. The molecule has 0 radical (unpaired) electrons. The van der Waals surface area contributed by atoms with Gasteiger partial charge in [-0.3, -0.25) is 9.59 Å². The van der Waals surface area contributed by atoms with E-state index in [4.69, 9.17) is 9.47 Å². The molecular weight excluding hydrogens is 453 g/mol. The van der Waals surface area contributed by atoms with Crippen molar-refractivity contribution in [2.24, 2.45) is 0 Å². The van der Waals surface area contributed by atoms with Gasteiger partial charge in [0.2, 0.25) is 0 Å². The van der Waals surface area contributed by atoms with Gasteiger partial charge in [-0.15, -0.1) is 0 Å². The normalized spacial score (nSPS) is 11.1. The Bertz CT molecular complexity index is 1640. The van der Waals surface area contributed by atoms with E-state index in [2.05, 4.69) is 20.6 Å². The number of fused-ring (bicyclic) bond motifs is 3. The zero-order valence-electron chi connectivity index (χ0n) is 18.8. The van der Waals surface area contributed by atoms with Crippen LogP contribution in [0.15, 0.2) is 65.5 Å². The quantitative estimate of drug-likeness (QED) is 0.392. The van der Waals surface area contributed by atoms with Crippen molar-refractivity contribution in [1.82, 2.24) is 25.1 Å². The Morgan fingerprint density at radius 1 is 1.06 bits per heavy atom. The average molecular weight is 473 g/mol. The van der Waals surface area contributed by atoms with Gasteiger partial charge in [0.05, 0.1) is 25.1 Å². The van der Waals surface area contributed by atoms with Crippen molar-refractivity contribution in [3.63, 3.8) is 0 Å².